The molecule has 0 amide bonds. The van der Waals surface area contributed by atoms with Gasteiger partial charge in [0.25, 0.3) is 0 Å². The molecule has 0 saturated carbocycles. The summed E-state index contributed by atoms with van der Waals surface area (Å²) in [6.07, 6.45) is 0. The van der Waals surface area contributed by atoms with Crippen LogP contribution in [0.25, 0.3) is 0 Å². The Balaban J connectivity index is 2.81. The zero-order valence-electron chi connectivity index (χ0n) is 10.3. The predicted octanol–water partition coefficient (Wildman–Crippen LogP) is 2.56. The van der Waals surface area contributed by atoms with Gasteiger partial charge in [0.1, 0.15) is 5.82 Å². The Morgan fingerprint density at radius 2 is 1.75 bits per heavy atom. The van der Waals surface area contributed by atoms with Crippen LogP contribution >= 0.6 is 0 Å². The number of benzene rings is 1. The molecule has 3 heteroatoms. The van der Waals surface area contributed by atoms with Crippen LogP contribution in [0.15, 0.2) is 24.3 Å². The smallest absolute Gasteiger partial charge is 0.123 e. The number of halogens is 1. The highest BCUT2D eigenvalue weighted by atomic mass is 19.1. The summed E-state index contributed by atoms with van der Waals surface area (Å²) in [5.41, 5.74) is 6.73. The van der Waals surface area contributed by atoms with E-state index in [9.17, 15) is 4.39 Å². The van der Waals surface area contributed by atoms with Gasteiger partial charge >= 0.3 is 0 Å². The second-order valence-corrected chi connectivity index (χ2v) is 4.35. The molecule has 2 nitrogen and oxygen atoms in total. The monoisotopic (exact) mass is 224 g/mol. The molecule has 0 heterocycles. The number of hydrogen-bond donors (Lipinski definition) is 1. The van der Waals surface area contributed by atoms with E-state index in [2.05, 4.69) is 25.7 Å². The van der Waals surface area contributed by atoms with Crippen LogP contribution in [-0.4, -0.2) is 24.0 Å². The predicted molar refractivity (Wildman–Crippen MR) is 65.7 cm³/mol. The molecule has 2 N–H and O–H groups in total. The molecule has 90 valence electrons. The van der Waals surface area contributed by atoms with E-state index in [1.165, 1.54) is 12.1 Å². The maximum absolute atomic E-state index is 12.8. The lowest BCUT2D eigenvalue weighted by Gasteiger charge is -2.32. The van der Waals surface area contributed by atoms with Crippen LogP contribution in [0.4, 0.5) is 4.39 Å². The first kappa shape index (κ1) is 13.1. The first-order valence-electron chi connectivity index (χ1n) is 5.77. The van der Waals surface area contributed by atoms with Crippen LogP contribution in [0.2, 0.25) is 0 Å². The minimum Gasteiger partial charge on any atom is -0.329 e. The molecule has 1 rings (SSSR count). The first-order chi connectivity index (χ1) is 7.56. The number of hydrogen-bond acceptors (Lipinski definition) is 2. The fourth-order valence-corrected chi connectivity index (χ4v) is 1.98. The third kappa shape index (κ3) is 3.29. The second-order valence-electron chi connectivity index (χ2n) is 4.35. The van der Waals surface area contributed by atoms with Crippen molar-refractivity contribution in [3.63, 3.8) is 0 Å². The Hall–Kier alpha value is -0.930. The van der Waals surface area contributed by atoms with Crippen molar-refractivity contribution < 1.29 is 4.39 Å². The van der Waals surface area contributed by atoms with Crippen molar-refractivity contribution in [2.24, 2.45) is 5.73 Å². The highest BCUT2D eigenvalue weighted by molar-refractivity contribution is 5.19. The summed E-state index contributed by atoms with van der Waals surface area (Å²) in [4.78, 5) is 2.31. The summed E-state index contributed by atoms with van der Waals surface area (Å²) in [5, 5.41) is 0. The third-order valence-electron chi connectivity index (χ3n) is 2.90. The molecule has 1 aromatic rings. The van der Waals surface area contributed by atoms with E-state index in [0.717, 1.165) is 12.1 Å². The van der Waals surface area contributed by atoms with E-state index < -0.39 is 0 Å². The standard InChI is InChI=1S/C13H21FN2/c1-10(2)16(9-8-15)11(3)12-4-6-13(14)7-5-12/h4-7,10-11H,8-9,15H2,1-3H3. The van der Waals surface area contributed by atoms with Gasteiger partial charge in [-0.3, -0.25) is 4.90 Å². The molecule has 0 spiro atoms. The van der Waals surface area contributed by atoms with Gasteiger partial charge in [0, 0.05) is 25.2 Å². The van der Waals surface area contributed by atoms with Crippen LogP contribution in [-0.2, 0) is 0 Å². The maximum Gasteiger partial charge on any atom is 0.123 e. The van der Waals surface area contributed by atoms with Gasteiger partial charge < -0.3 is 5.73 Å². The van der Waals surface area contributed by atoms with Crippen molar-refractivity contribution in [1.82, 2.24) is 4.90 Å². The Kier molecular flexibility index (Phi) is 4.90. The molecule has 0 aliphatic carbocycles. The van der Waals surface area contributed by atoms with Crippen LogP contribution in [0.3, 0.4) is 0 Å². The average Bonchev–Trinajstić information content (AvgIpc) is 2.25. The SMILES string of the molecule is CC(C)N(CCN)C(C)c1ccc(F)cc1. The molecule has 0 aliphatic heterocycles. The summed E-state index contributed by atoms with van der Waals surface area (Å²) in [7, 11) is 0. The molecular weight excluding hydrogens is 203 g/mol. The van der Waals surface area contributed by atoms with Crippen LogP contribution in [0, 0.1) is 5.82 Å². The molecule has 0 radical (unpaired) electrons. The lowest BCUT2D eigenvalue weighted by Crippen LogP contribution is -2.37. The van der Waals surface area contributed by atoms with E-state index in [1.54, 1.807) is 0 Å². The topological polar surface area (TPSA) is 29.3 Å². The van der Waals surface area contributed by atoms with Crippen molar-refractivity contribution in [3.8, 4) is 0 Å². The molecule has 1 atom stereocenters. The van der Waals surface area contributed by atoms with Crippen molar-refractivity contribution in [2.45, 2.75) is 32.9 Å². The van der Waals surface area contributed by atoms with Crippen molar-refractivity contribution >= 4 is 0 Å². The van der Waals surface area contributed by atoms with E-state index in [0.29, 0.717) is 12.6 Å². The van der Waals surface area contributed by atoms with E-state index in [1.807, 2.05) is 12.1 Å². The Bertz CT molecular complexity index is 308. The van der Waals surface area contributed by atoms with Gasteiger partial charge in [-0.15, -0.1) is 0 Å². The van der Waals surface area contributed by atoms with Crippen LogP contribution in [0.5, 0.6) is 0 Å². The Labute approximate surface area is 97.3 Å². The van der Waals surface area contributed by atoms with Gasteiger partial charge in [-0.1, -0.05) is 12.1 Å². The van der Waals surface area contributed by atoms with Gasteiger partial charge in [-0.25, -0.2) is 4.39 Å². The maximum atomic E-state index is 12.8. The summed E-state index contributed by atoms with van der Waals surface area (Å²) >= 11 is 0. The molecule has 0 aromatic heterocycles. The highest BCUT2D eigenvalue weighted by Crippen LogP contribution is 2.22. The van der Waals surface area contributed by atoms with E-state index in [4.69, 9.17) is 5.73 Å². The molecule has 1 unspecified atom stereocenters. The Morgan fingerprint density at radius 1 is 1.19 bits per heavy atom. The average molecular weight is 224 g/mol. The molecule has 0 saturated heterocycles. The van der Waals surface area contributed by atoms with Gasteiger partial charge in [-0.2, -0.15) is 0 Å². The number of rotatable bonds is 5. The quantitative estimate of drug-likeness (QED) is 0.833. The van der Waals surface area contributed by atoms with E-state index in [-0.39, 0.29) is 11.9 Å². The zero-order chi connectivity index (χ0) is 12.1. The van der Waals surface area contributed by atoms with Gasteiger partial charge in [-0.05, 0) is 38.5 Å². The Morgan fingerprint density at radius 3 is 2.19 bits per heavy atom. The largest absolute Gasteiger partial charge is 0.329 e. The molecule has 16 heavy (non-hydrogen) atoms. The lowest BCUT2D eigenvalue weighted by atomic mass is 10.1. The van der Waals surface area contributed by atoms with Crippen molar-refractivity contribution in [1.29, 1.82) is 0 Å². The normalized spacial score (nSPS) is 13.4. The summed E-state index contributed by atoms with van der Waals surface area (Å²) < 4.78 is 12.8. The summed E-state index contributed by atoms with van der Waals surface area (Å²) in [6, 6.07) is 7.39. The molecule has 0 aliphatic rings. The lowest BCUT2D eigenvalue weighted by molar-refractivity contribution is 0.170. The van der Waals surface area contributed by atoms with Gasteiger partial charge in [0.2, 0.25) is 0 Å². The molecular formula is C13H21FN2. The molecule has 0 bridgehead atoms. The van der Waals surface area contributed by atoms with Crippen LogP contribution < -0.4 is 5.73 Å². The fourth-order valence-electron chi connectivity index (χ4n) is 1.98. The fraction of sp³-hybridized carbons (Fsp3) is 0.538. The summed E-state index contributed by atoms with van der Waals surface area (Å²) in [5.74, 6) is -0.189. The summed E-state index contributed by atoms with van der Waals surface area (Å²) in [6.45, 7) is 7.92. The van der Waals surface area contributed by atoms with Crippen molar-refractivity contribution in [2.75, 3.05) is 13.1 Å². The second kappa shape index (κ2) is 5.97. The minimum absolute atomic E-state index is 0.189. The van der Waals surface area contributed by atoms with Gasteiger partial charge in [0.15, 0.2) is 0 Å². The van der Waals surface area contributed by atoms with Crippen LogP contribution in [0.1, 0.15) is 32.4 Å². The third-order valence-corrected chi connectivity index (χ3v) is 2.90. The minimum atomic E-state index is -0.189. The molecule has 1 aromatic carbocycles. The highest BCUT2D eigenvalue weighted by Gasteiger charge is 2.17. The number of nitrogens with zero attached hydrogens (tertiary/aromatic N) is 1. The number of nitrogens with two attached hydrogens (primary N) is 1. The van der Waals surface area contributed by atoms with Crippen molar-refractivity contribution in [3.05, 3.63) is 35.6 Å². The first-order valence-corrected chi connectivity index (χ1v) is 5.77. The van der Waals surface area contributed by atoms with Gasteiger partial charge in [0.05, 0.1) is 0 Å². The van der Waals surface area contributed by atoms with E-state index >= 15 is 0 Å². The molecule has 0 fully saturated rings. The zero-order valence-corrected chi connectivity index (χ0v) is 10.3.